The molecule has 2 aromatic carbocycles. The average Bonchev–Trinajstić information content (AvgIpc) is 2.68. The van der Waals surface area contributed by atoms with Crippen LogP contribution in [0.25, 0.3) is 0 Å². The van der Waals surface area contributed by atoms with Gasteiger partial charge in [-0.25, -0.2) is 0 Å². The third kappa shape index (κ3) is 5.57. The number of esters is 1. The molecule has 0 aliphatic heterocycles. The van der Waals surface area contributed by atoms with Gasteiger partial charge in [-0.1, -0.05) is 6.07 Å². The molecule has 5 N–H and O–H groups in total. The van der Waals surface area contributed by atoms with Gasteiger partial charge in [0.05, 0.1) is 6.61 Å². The fraction of sp³-hybridized carbons (Fsp3) is 0.318. The van der Waals surface area contributed by atoms with E-state index in [0.29, 0.717) is 30.0 Å². The smallest absolute Gasteiger partial charge is 0.306 e. The molecule has 0 spiro atoms. The Morgan fingerprint density at radius 2 is 1.79 bits per heavy atom. The lowest BCUT2D eigenvalue weighted by molar-refractivity contribution is -0.144. The number of carbonyl (C=O) groups is 2. The second kappa shape index (κ2) is 9.23. The first kappa shape index (κ1) is 20.4. The predicted molar refractivity (Wildman–Crippen MR) is 113 cm³/mol. The SMILES string of the molecule is CCOC(=O)CC1CCc2ccc(C(=O)Nc3ccc(NC(=N)N)cc3)cc2C1. The number of ether oxygens (including phenoxy) is 1. The molecule has 7 heteroatoms. The molecule has 7 nitrogen and oxygen atoms in total. The zero-order valence-corrected chi connectivity index (χ0v) is 16.5. The van der Waals surface area contributed by atoms with Gasteiger partial charge in [-0.15, -0.1) is 0 Å². The molecule has 3 rings (SSSR count). The van der Waals surface area contributed by atoms with E-state index in [1.807, 2.05) is 25.1 Å². The van der Waals surface area contributed by atoms with E-state index >= 15 is 0 Å². The Labute approximate surface area is 170 Å². The van der Waals surface area contributed by atoms with E-state index in [1.54, 1.807) is 24.3 Å². The number of benzene rings is 2. The summed E-state index contributed by atoms with van der Waals surface area (Å²) in [6.07, 6.45) is 3.06. The number of nitrogens with two attached hydrogens (primary N) is 1. The van der Waals surface area contributed by atoms with Crippen molar-refractivity contribution in [3.8, 4) is 0 Å². The van der Waals surface area contributed by atoms with Crippen molar-refractivity contribution in [2.45, 2.75) is 32.6 Å². The van der Waals surface area contributed by atoms with Crippen LogP contribution in [0.1, 0.15) is 41.3 Å². The largest absolute Gasteiger partial charge is 0.466 e. The topological polar surface area (TPSA) is 117 Å². The van der Waals surface area contributed by atoms with Crippen LogP contribution in [0.3, 0.4) is 0 Å². The number of hydrogen-bond acceptors (Lipinski definition) is 4. The lowest BCUT2D eigenvalue weighted by atomic mass is 9.81. The maximum Gasteiger partial charge on any atom is 0.306 e. The Morgan fingerprint density at radius 3 is 2.45 bits per heavy atom. The van der Waals surface area contributed by atoms with E-state index in [9.17, 15) is 9.59 Å². The molecule has 0 saturated carbocycles. The quantitative estimate of drug-likeness (QED) is 0.341. The molecule has 1 atom stereocenters. The van der Waals surface area contributed by atoms with Crippen molar-refractivity contribution in [1.29, 1.82) is 5.41 Å². The van der Waals surface area contributed by atoms with E-state index in [4.69, 9.17) is 15.9 Å². The van der Waals surface area contributed by atoms with Crippen LogP contribution >= 0.6 is 0 Å². The predicted octanol–water partition coefficient (Wildman–Crippen LogP) is 3.30. The number of nitrogens with one attached hydrogen (secondary N) is 3. The van der Waals surface area contributed by atoms with Crippen molar-refractivity contribution in [3.05, 3.63) is 59.2 Å². The monoisotopic (exact) mass is 394 g/mol. The van der Waals surface area contributed by atoms with Crippen molar-refractivity contribution in [2.24, 2.45) is 11.7 Å². The normalized spacial score (nSPS) is 15.1. The van der Waals surface area contributed by atoms with Gasteiger partial charge in [-0.2, -0.15) is 0 Å². The van der Waals surface area contributed by atoms with Gasteiger partial charge in [0.25, 0.3) is 5.91 Å². The summed E-state index contributed by atoms with van der Waals surface area (Å²) in [5.41, 5.74) is 9.59. The summed E-state index contributed by atoms with van der Waals surface area (Å²) in [4.78, 5) is 24.4. The lowest BCUT2D eigenvalue weighted by Gasteiger charge is -2.24. The van der Waals surface area contributed by atoms with Crippen molar-refractivity contribution in [2.75, 3.05) is 17.2 Å². The van der Waals surface area contributed by atoms with Crippen LogP contribution in [0.4, 0.5) is 11.4 Å². The van der Waals surface area contributed by atoms with Gasteiger partial charge in [0.15, 0.2) is 5.96 Å². The summed E-state index contributed by atoms with van der Waals surface area (Å²) < 4.78 is 5.06. The summed E-state index contributed by atoms with van der Waals surface area (Å²) in [6, 6.07) is 12.7. The molecular weight excluding hydrogens is 368 g/mol. The van der Waals surface area contributed by atoms with Crippen LogP contribution in [0.15, 0.2) is 42.5 Å². The number of guanidine groups is 1. The average molecular weight is 394 g/mol. The van der Waals surface area contributed by atoms with Crippen molar-refractivity contribution in [3.63, 3.8) is 0 Å². The summed E-state index contributed by atoms with van der Waals surface area (Å²) in [6.45, 7) is 2.21. The van der Waals surface area contributed by atoms with E-state index < -0.39 is 0 Å². The van der Waals surface area contributed by atoms with Gasteiger partial charge >= 0.3 is 5.97 Å². The molecule has 0 heterocycles. The second-order valence-electron chi connectivity index (χ2n) is 7.17. The van der Waals surface area contributed by atoms with Gasteiger partial charge in [0.2, 0.25) is 0 Å². The first-order chi connectivity index (χ1) is 13.9. The number of carbonyl (C=O) groups excluding carboxylic acids is 2. The van der Waals surface area contributed by atoms with Crippen LogP contribution in [-0.4, -0.2) is 24.4 Å². The molecule has 1 unspecified atom stereocenters. The van der Waals surface area contributed by atoms with Gasteiger partial charge in [-0.3, -0.25) is 15.0 Å². The fourth-order valence-electron chi connectivity index (χ4n) is 3.60. The lowest BCUT2D eigenvalue weighted by Crippen LogP contribution is -2.20. The summed E-state index contributed by atoms with van der Waals surface area (Å²) >= 11 is 0. The molecule has 0 fully saturated rings. The molecular formula is C22H26N4O3. The number of aryl methyl sites for hydroxylation is 1. The molecule has 152 valence electrons. The molecule has 2 aromatic rings. The highest BCUT2D eigenvalue weighted by atomic mass is 16.5. The number of anilines is 2. The highest BCUT2D eigenvalue weighted by Crippen LogP contribution is 2.29. The fourth-order valence-corrected chi connectivity index (χ4v) is 3.60. The van der Waals surface area contributed by atoms with E-state index in [2.05, 4.69) is 10.6 Å². The van der Waals surface area contributed by atoms with Crippen molar-refractivity contribution in [1.82, 2.24) is 0 Å². The molecule has 1 aliphatic rings. The molecule has 0 bridgehead atoms. The molecule has 1 aliphatic carbocycles. The Hall–Kier alpha value is -3.35. The minimum atomic E-state index is -0.187. The standard InChI is InChI=1S/C22H26N4O3/c1-2-29-20(27)12-14-3-4-15-5-6-16(13-17(15)11-14)21(28)25-18-7-9-19(10-8-18)26-22(23)24/h5-10,13-14H,2-4,11-12H2,1H3,(H,25,28)(H4,23,24,26). The van der Waals surface area contributed by atoms with Crippen LogP contribution in [0.2, 0.25) is 0 Å². The van der Waals surface area contributed by atoms with E-state index in [-0.39, 0.29) is 23.8 Å². The van der Waals surface area contributed by atoms with Crippen LogP contribution in [0, 0.1) is 11.3 Å². The number of rotatable bonds is 6. The Bertz CT molecular complexity index is 909. The van der Waals surface area contributed by atoms with Gasteiger partial charge in [0, 0.05) is 23.4 Å². The minimum Gasteiger partial charge on any atom is -0.466 e. The third-order valence-corrected chi connectivity index (χ3v) is 4.98. The maximum absolute atomic E-state index is 12.7. The number of amides is 1. The second-order valence-corrected chi connectivity index (χ2v) is 7.17. The first-order valence-corrected chi connectivity index (χ1v) is 9.74. The Balaban J connectivity index is 1.65. The molecule has 0 aromatic heterocycles. The zero-order valence-electron chi connectivity index (χ0n) is 16.5. The van der Waals surface area contributed by atoms with Crippen LogP contribution in [0.5, 0.6) is 0 Å². The minimum absolute atomic E-state index is 0.142. The van der Waals surface area contributed by atoms with Crippen LogP contribution < -0.4 is 16.4 Å². The van der Waals surface area contributed by atoms with Gasteiger partial charge in [-0.05, 0) is 79.6 Å². The van der Waals surface area contributed by atoms with Crippen LogP contribution in [-0.2, 0) is 22.4 Å². The number of hydrogen-bond donors (Lipinski definition) is 4. The Kier molecular flexibility index (Phi) is 6.49. The molecule has 0 saturated heterocycles. The summed E-state index contributed by atoms with van der Waals surface area (Å²) in [7, 11) is 0. The van der Waals surface area contributed by atoms with Crippen molar-refractivity contribution >= 4 is 29.2 Å². The summed E-state index contributed by atoms with van der Waals surface area (Å²) in [5, 5.41) is 12.8. The maximum atomic E-state index is 12.7. The highest BCUT2D eigenvalue weighted by molar-refractivity contribution is 6.04. The van der Waals surface area contributed by atoms with Gasteiger partial charge in [0.1, 0.15) is 0 Å². The van der Waals surface area contributed by atoms with E-state index in [1.165, 1.54) is 5.56 Å². The summed E-state index contributed by atoms with van der Waals surface area (Å²) in [5.74, 6) is -0.233. The first-order valence-electron chi connectivity index (χ1n) is 9.74. The number of fused-ring (bicyclic) bond motifs is 1. The molecule has 29 heavy (non-hydrogen) atoms. The Morgan fingerprint density at radius 1 is 1.10 bits per heavy atom. The molecule has 1 amide bonds. The van der Waals surface area contributed by atoms with E-state index in [0.717, 1.165) is 24.8 Å². The third-order valence-electron chi connectivity index (χ3n) is 4.98. The molecule has 0 radical (unpaired) electrons. The van der Waals surface area contributed by atoms with Crippen molar-refractivity contribution < 1.29 is 14.3 Å². The zero-order chi connectivity index (χ0) is 20.8. The highest BCUT2D eigenvalue weighted by Gasteiger charge is 2.22. The van der Waals surface area contributed by atoms with Gasteiger partial charge < -0.3 is 21.1 Å².